The molecule has 3 aromatic carbocycles. The molecule has 0 heterocycles. The van der Waals surface area contributed by atoms with Crippen molar-refractivity contribution in [2.75, 3.05) is 10.6 Å². The molecule has 0 radical (unpaired) electrons. The second-order valence-electron chi connectivity index (χ2n) is 6.42. The van der Waals surface area contributed by atoms with Crippen molar-refractivity contribution in [3.63, 3.8) is 0 Å². The summed E-state index contributed by atoms with van der Waals surface area (Å²) in [4.78, 5) is 24.5. The zero-order valence-electron chi connectivity index (χ0n) is 15.7. The van der Waals surface area contributed by atoms with Crippen molar-refractivity contribution in [2.45, 2.75) is 6.18 Å². The van der Waals surface area contributed by atoms with E-state index in [1.807, 2.05) is 0 Å². The van der Waals surface area contributed by atoms with E-state index in [0.29, 0.717) is 0 Å². The number of nitrogens with one attached hydrogen (secondary N) is 2. The van der Waals surface area contributed by atoms with Crippen LogP contribution in [-0.2, 0) is 6.18 Å². The summed E-state index contributed by atoms with van der Waals surface area (Å²) >= 11 is 0. The van der Waals surface area contributed by atoms with E-state index < -0.39 is 52.4 Å². The quantitative estimate of drug-likeness (QED) is 0.298. The fourth-order valence-corrected chi connectivity index (χ4v) is 2.65. The van der Waals surface area contributed by atoms with Crippen molar-refractivity contribution in [1.82, 2.24) is 0 Å². The van der Waals surface area contributed by atoms with Gasteiger partial charge in [0.15, 0.2) is 23.3 Å². The summed E-state index contributed by atoms with van der Waals surface area (Å²) in [7, 11) is 0. The number of benzene rings is 3. The standard InChI is InChI=1S/C21H11F7N2O2/c22-15-9-14(16(23)18(25)17(15)24)20(32)30-12-5-1-3-10(7-12)19(31)29-13-6-2-4-11(8-13)21(26,27)28/h1-9H,(H,29,31)(H,30,32). The number of anilines is 2. The van der Waals surface area contributed by atoms with Gasteiger partial charge in [0.1, 0.15) is 0 Å². The van der Waals surface area contributed by atoms with Crippen LogP contribution in [0.5, 0.6) is 0 Å². The number of carbonyl (C=O) groups excluding carboxylic acids is 2. The maximum atomic E-state index is 13.8. The van der Waals surface area contributed by atoms with Crippen molar-refractivity contribution in [3.05, 3.63) is 94.6 Å². The van der Waals surface area contributed by atoms with E-state index in [1.54, 1.807) is 0 Å². The minimum absolute atomic E-state index is 0.0999. The largest absolute Gasteiger partial charge is 0.416 e. The van der Waals surface area contributed by atoms with Gasteiger partial charge in [-0.25, -0.2) is 17.6 Å². The molecule has 2 N–H and O–H groups in total. The molecule has 2 amide bonds. The number of hydrogen-bond donors (Lipinski definition) is 2. The van der Waals surface area contributed by atoms with Gasteiger partial charge in [-0.05, 0) is 42.5 Å². The minimum Gasteiger partial charge on any atom is -0.322 e. The highest BCUT2D eigenvalue weighted by Crippen LogP contribution is 2.30. The van der Waals surface area contributed by atoms with Gasteiger partial charge in [-0.15, -0.1) is 0 Å². The van der Waals surface area contributed by atoms with Crippen molar-refractivity contribution in [2.24, 2.45) is 0 Å². The third-order valence-electron chi connectivity index (χ3n) is 4.18. The van der Waals surface area contributed by atoms with Crippen LogP contribution in [0.15, 0.2) is 54.6 Å². The number of alkyl halides is 3. The predicted octanol–water partition coefficient (Wildman–Crippen LogP) is 5.77. The molecule has 0 fully saturated rings. The molecule has 0 saturated heterocycles. The second-order valence-corrected chi connectivity index (χ2v) is 6.42. The minimum atomic E-state index is -4.61. The van der Waals surface area contributed by atoms with Crippen LogP contribution in [0.2, 0.25) is 0 Å². The van der Waals surface area contributed by atoms with E-state index in [4.69, 9.17) is 0 Å². The Kier molecular flexibility index (Phi) is 6.19. The van der Waals surface area contributed by atoms with Crippen LogP contribution in [0.3, 0.4) is 0 Å². The lowest BCUT2D eigenvalue weighted by molar-refractivity contribution is -0.137. The Morgan fingerprint density at radius 1 is 0.688 bits per heavy atom. The van der Waals surface area contributed by atoms with Gasteiger partial charge in [0.2, 0.25) is 0 Å². The van der Waals surface area contributed by atoms with Crippen molar-refractivity contribution in [3.8, 4) is 0 Å². The molecule has 0 aromatic heterocycles. The first-order valence-corrected chi connectivity index (χ1v) is 8.70. The maximum absolute atomic E-state index is 13.8. The van der Waals surface area contributed by atoms with Gasteiger partial charge in [-0.3, -0.25) is 9.59 Å². The zero-order chi connectivity index (χ0) is 23.6. The number of halogens is 7. The first-order valence-electron chi connectivity index (χ1n) is 8.70. The smallest absolute Gasteiger partial charge is 0.322 e. The van der Waals surface area contributed by atoms with Crippen molar-refractivity contribution in [1.29, 1.82) is 0 Å². The lowest BCUT2D eigenvalue weighted by Gasteiger charge is -2.11. The van der Waals surface area contributed by atoms with Crippen LogP contribution in [0.25, 0.3) is 0 Å². The normalized spacial score (nSPS) is 11.2. The summed E-state index contributed by atoms with van der Waals surface area (Å²) in [5.74, 6) is -10.1. The van der Waals surface area contributed by atoms with E-state index in [0.717, 1.165) is 24.3 Å². The molecule has 4 nitrogen and oxygen atoms in total. The Morgan fingerprint density at radius 3 is 1.94 bits per heavy atom. The average molecular weight is 456 g/mol. The van der Waals surface area contributed by atoms with Gasteiger partial charge in [-0.1, -0.05) is 12.1 Å². The van der Waals surface area contributed by atoms with Crippen LogP contribution in [0.1, 0.15) is 26.3 Å². The van der Waals surface area contributed by atoms with E-state index in [1.165, 1.54) is 24.3 Å². The van der Waals surface area contributed by atoms with Crippen LogP contribution in [-0.4, -0.2) is 11.8 Å². The number of carbonyl (C=O) groups is 2. The molecule has 0 aliphatic heterocycles. The monoisotopic (exact) mass is 456 g/mol. The SMILES string of the molecule is O=C(Nc1cccc(C(F)(F)F)c1)c1cccc(NC(=O)c2cc(F)c(F)c(F)c2F)c1. The Labute approximate surface area is 175 Å². The van der Waals surface area contributed by atoms with Crippen molar-refractivity contribution >= 4 is 23.2 Å². The van der Waals surface area contributed by atoms with Crippen molar-refractivity contribution < 1.29 is 40.3 Å². The maximum Gasteiger partial charge on any atom is 0.416 e. The lowest BCUT2D eigenvalue weighted by Crippen LogP contribution is -2.17. The van der Waals surface area contributed by atoms with E-state index >= 15 is 0 Å². The van der Waals surface area contributed by atoms with Crippen LogP contribution >= 0.6 is 0 Å². The molecule has 3 rings (SSSR count). The van der Waals surface area contributed by atoms with Crippen LogP contribution in [0.4, 0.5) is 42.1 Å². The number of amides is 2. The molecule has 0 saturated carbocycles. The average Bonchev–Trinajstić information content (AvgIpc) is 2.74. The Morgan fingerprint density at radius 2 is 1.28 bits per heavy atom. The summed E-state index contributed by atoms with van der Waals surface area (Å²) in [6.45, 7) is 0. The fourth-order valence-electron chi connectivity index (χ4n) is 2.65. The summed E-state index contributed by atoms with van der Waals surface area (Å²) < 4.78 is 91.9. The Hall–Kier alpha value is -3.89. The second kappa shape index (κ2) is 8.69. The number of rotatable bonds is 4. The topological polar surface area (TPSA) is 58.2 Å². The molecule has 0 unspecified atom stereocenters. The van der Waals surface area contributed by atoms with E-state index in [2.05, 4.69) is 10.6 Å². The zero-order valence-corrected chi connectivity index (χ0v) is 15.7. The van der Waals surface area contributed by atoms with Crippen LogP contribution < -0.4 is 10.6 Å². The summed E-state index contributed by atoms with van der Waals surface area (Å²) in [5, 5.41) is 4.36. The highest BCUT2D eigenvalue weighted by molar-refractivity contribution is 6.07. The lowest BCUT2D eigenvalue weighted by atomic mass is 10.1. The molecule has 0 aliphatic carbocycles. The van der Waals surface area contributed by atoms with Gasteiger partial charge in [0, 0.05) is 16.9 Å². The molecule has 0 spiro atoms. The van der Waals surface area contributed by atoms with E-state index in [9.17, 15) is 40.3 Å². The van der Waals surface area contributed by atoms with E-state index in [-0.39, 0.29) is 23.0 Å². The Bertz CT molecular complexity index is 1210. The molecule has 3 aromatic rings. The van der Waals surface area contributed by atoms with Gasteiger partial charge in [0.25, 0.3) is 11.8 Å². The fraction of sp³-hybridized carbons (Fsp3) is 0.0476. The third kappa shape index (κ3) is 4.88. The Balaban J connectivity index is 1.79. The molecular formula is C21H11F7N2O2. The van der Waals surface area contributed by atoms with Gasteiger partial charge >= 0.3 is 6.18 Å². The summed E-state index contributed by atoms with van der Waals surface area (Å²) in [6.07, 6.45) is -4.61. The third-order valence-corrected chi connectivity index (χ3v) is 4.18. The summed E-state index contributed by atoms with van der Waals surface area (Å²) in [5.41, 5.74) is -2.43. The molecule has 166 valence electrons. The first-order chi connectivity index (χ1) is 15.0. The highest BCUT2D eigenvalue weighted by atomic mass is 19.4. The van der Waals surface area contributed by atoms with Gasteiger partial charge < -0.3 is 10.6 Å². The number of hydrogen-bond acceptors (Lipinski definition) is 2. The molecule has 11 heteroatoms. The van der Waals surface area contributed by atoms with Gasteiger partial charge in [-0.2, -0.15) is 13.2 Å². The molecule has 0 bridgehead atoms. The van der Waals surface area contributed by atoms with Crippen LogP contribution in [0, 0.1) is 23.3 Å². The molecule has 0 atom stereocenters. The first kappa shape index (κ1) is 22.8. The predicted molar refractivity (Wildman–Crippen MR) is 100 cm³/mol. The molecular weight excluding hydrogens is 445 g/mol. The summed E-state index contributed by atoms with van der Waals surface area (Å²) in [6, 6.07) is 8.98. The molecule has 0 aliphatic rings. The van der Waals surface area contributed by atoms with Gasteiger partial charge in [0.05, 0.1) is 11.1 Å². The molecule has 32 heavy (non-hydrogen) atoms. The highest BCUT2D eigenvalue weighted by Gasteiger charge is 2.30.